The number of rotatable bonds is 2. The molecule has 0 aliphatic rings. The van der Waals surface area contributed by atoms with E-state index in [-0.39, 0.29) is 21.7 Å². The lowest BCUT2D eigenvalue weighted by molar-refractivity contribution is 0.590. The number of hydrogen-bond acceptors (Lipinski definition) is 0. The Balaban J connectivity index is 1.48. The van der Waals surface area contributed by atoms with Gasteiger partial charge in [0.2, 0.25) is 0 Å². The number of hydrogen-bond donors (Lipinski definition) is 2. The van der Waals surface area contributed by atoms with E-state index in [9.17, 15) is 0 Å². The molecule has 0 bridgehead atoms. The molecule has 0 unspecified atom stereocenters. The van der Waals surface area contributed by atoms with E-state index in [0.717, 1.165) is 20.1 Å². The van der Waals surface area contributed by atoms with Gasteiger partial charge in [-0.2, -0.15) is 0 Å². The predicted molar refractivity (Wildman–Crippen MR) is 226 cm³/mol. The summed E-state index contributed by atoms with van der Waals surface area (Å²) in [5.74, 6) is 0. The molecule has 2 N–H and O–H groups in total. The zero-order valence-corrected chi connectivity index (χ0v) is 34.9. The Morgan fingerprint density at radius 2 is 0.680 bits per heavy atom. The molecule has 5 aromatic carbocycles. The number of fused-ring (bicyclic) bond motifs is 6. The molecular weight excluding hydrogens is 740 g/mol. The van der Waals surface area contributed by atoms with Crippen LogP contribution in [-0.2, 0) is 21.7 Å². The first kappa shape index (κ1) is 35.1. The highest BCUT2D eigenvalue weighted by Crippen LogP contribution is 2.46. The summed E-state index contributed by atoms with van der Waals surface area (Å²) in [6.07, 6.45) is 0. The number of H-pyrrole nitrogens is 2. The summed E-state index contributed by atoms with van der Waals surface area (Å²) in [6, 6.07) is 28.0. The van der Waals surface area contributed by atoms with Crippen LogP contribution >= 0.6 is 31.9 Å². The van der Waals surface area contributed by atoms with Gasteiger partial charge in [-0.3, -0.25) is 0 Å². The maximum Gasteiger partial charge on any atom is 0.0545 e. The number of aromatic amines is 2. The van der Waals surface area contributed by atoms with Gasteiger partial charge >= 0.3 is 0 Å². The van der Waals surface area contributed by atoms with Crippen LogP contribution in [0.25, 0.3) is 65.9 Å². The van der Waals surface area contributed by atoms with E-state index >= 15 is 0 Å². The van der Waals surface area contributed by atoms with Gasteiger partial charge in [-0.1, -0.05) is 127 Å². The third-order valence-corrected chi connectivity index (χ3v) is 11.8. The molecule has 0 aliphatic carbocycles. The smallest absolute Gasteiger partial charge is 0.0545 e. The van der Waals surface area contributed by atoms with E-state index in [2.05, 4.69) is 198 Å². The molecule has 0 saturated carbocycles. The topological polar surface area (TPSA) is 31.6 Å². The van der Waals surface area contributed by atoms with Crippen molar-refractivity contribution in [3.63, 3.8) is 0 Å². The summed E-state index contributed by atoms with van der Waals surface area (Å²) in [6.45, 7) is 27.6. The molecule has 258 valence electrons. The molecule has 50 heavy (non-hydrogen) atoms. The summed E-state index contributed by atoms with van der Waals surface area (Å²) in [7, 11) is 0. The second-order valence-electron chi connectivity index (χ2n) is 18.5. The van der Waals surface area contributed by atoms with Crippen molar-refractivity contribution in [3.05, 3.63) is 104 Å². The lowest BCUT2D eigenvalue weighted by atomic mass is 9.82. The highest BCUT2D eigenvalue weighted by molar-refractivity contribution is 9.11. The summed E-state index contributed by atoms with van der Waals surface area (Å²) >= 11 is 8.20. The van der Waals surface area contributed by atoms with Gasteiger partial charge in [0.25, 0.3) is 0 Å². The first-order chi connectivity index (χ1) is 23.1. The van der Waals surface area contributed by atoms with Gasteiger partial charge in [-0.25, -0.2) is 0 Å². The van der Waals surface area contributed by atoms with Gasteiger partial charge < -0.3 is 9.97 Å². The Morgan fingerprint density at radius 1 is 0.360 bits per heavy atom. The molecule has 7 rings (SSSR count). The van der Waals surface area contributed by atoms with Crippen LogP contribution in [0.3, 0.4) is 0 Å². The van der Waals surface area contributed by atoms with Crippen LogP contribution in [0.15, 0.2) is 81.7 Å². The maximum atomic E-state index is 4.10. The average Bonchev–Trinajstić information content (AvgIpc) is 3.57. The summed E-state index contributed by atoms with van der Waals surface area (Å²) in [4.78, 5) is 7.66. The molecule has 0 saturated heterocycles. The van der Waals surface area contributed by atoms with Crippen LogP contribution in [0, 0.1) is 0 Å². The summed E-state index contributed by atoms with van der Waals surface area (Å²) < 4.78 is 2.13. The second-order valence-corrected chi connectivity index (χ2v) is 20.2. The number of aromatic nitrogens is 2. The van der Waals surface area contributed by atoms with E-state index in [1.807, 2.05) is 0 Å². The van der Waals surface area contributed by atoms with Crippen molar-refractivity contribution in [2.75, 3.05) is 0 Å². The Kier molecular flexibility index (Phi) is 8.13. The largest absolute Gasteiger partial charge is 0.354 e. The molecule has 2 aromatic heterocycles. The minimum absolute atomic E-state index is 0.0146. The van der Waals surface area contributed by atoms with Crippen LogP contribution in [0.1, 0.15) is 105 Å². The van der Waals surface area contributed by atoms with Crippen molar-refractivity contribution < 1.29 is 0 Å². The van der Waals surface area contributed by atoms with Crippen molar-refractivity contribution in [3.8, 4) is 22.3 Å². The lowest BCUT2D eigenvalue weighted by Gasteiger charge is -2.22. The van der Waals surface area contributed by atoms with Gasteiger partial charge in [0.15, 0.2) is 0 Å². The highest BCUT2D eigenvalue weighted by Gasteiger charge is 2.25. The van der Waals surface area contributed by atoms with Crippen molar-refractivity contribution in [1.82, 2.24) is 9.97 Å². The first-order valence-electron chi connectivity index (χ1n) is 17.8. The fraction of sp³-hybridized carbons (Fsp3) is 0.348. The molecule has 0 fully saturated rings. The van der Waals surface area contributed by atoms with Crippen LogP contribution < -0.4 is 0 Å². The fourth-order valence-electron chi connectivity index (χ4n) is 7.18. The van der Waals surface area contributed by atoms with Crippen LogP contribution in [-0.4, -0.2) is 9.97 Å². The summed E-state index contributed by atoms with van der Waals surface area (Å²) in [5, 5.41) is 5.10. The third kappa shape index (κ3) is 6.05. The molecular formula is C46H50Br2N2. The molecule has 0 atom stereocenters. The minimum Gasteiger partial charge on any atom is -0.354 e. The van der Waals surface area contributed by atoms with Gasteiger partial charge in [0.1, 0.15) is 0 Å². The molecule has 2 nitrogen and oxygen atoms in total. The molecule has 2 heterocycles. The van der Waals surface area contributed by atoms with Crippen molar-refractivity contribution >= 4 is 75.5 Å². The van der Waals surface area contributed by atoms with Crippen LogP contribution in [0.5, 0.6) is 0 Å². The Bertz CT molecular complexity index is 2300. The maximum absolute atomic E-state index is 4.10. The fourth-order valence-corrected chi connectivity index (χ4v) is 8.30. The minimum atomic E-state index is -0.0146. The predicted octanol–water partition coefficient (Wildman–Crippen LogP) is 15.0. The van der Waals surface area contributed by atoms with Crippen LogP contribution in [0.2, 0.25) is 0 Å². The van der Waals surface area contributed by atoms with Gasteiger partial charge in [0.05, 0.1) is 11.0 Å². The molecule has 4 heteroatoms. The molecule has 0 aliphatic heterocycles. The molecule has 0 amide bonds. The van der Waals surface area contributed by atoms with E-state index in [4.69, 9.17) is 0 Å². The van der Waals surface area contributed by atoms with Gasteiger partial charge in [-0.05, 0) is 116 Å². The zero-order valence-electron chi connectivity index (χ0n) is 31.7. The average molecular weight is 791 g/mol. The summed E-state index contributed by atoms with van der Waals surface area (Å²) in [5.41, 5.74) is 14.8. The monoisotopic (exact) mass is 788 g/mol. The quantitative estimate of drug-likeness (QED) is 0.175. The number of nitrogens with one attached hydrogen (secondary N) is 2. The normalized spacial score (nSPS) is 13.4. The van der Waals surface area contributed by atoms with Crippen molar-refractivity contribution in [2.45, 2.75) is 105 Å². The highest BCUT2D eigenvalue weighted by atomic mass is 79.9. The number of benzene rings is 5. The van der Waals surface area contributed by atoms with E-state index in [1.54, 1.807) is 0 Å². The lowest BCUT2D eigenvalue weighted by Crippen LogP contribution is -2.11. The second kappa shape index (κ2) is 11.6. The van der Waals surface area contributed by atoms with E-state index in [0.29, 0.717) is 0 Å². The molecule has 7 aromatic rings. The third-order valence-electron chi connectivity index (χ3n) is 10.5. The van der Waals surface area contributed by atoms with E-state index < -0.39 is 0 Å². The van der Waals surface area contributed by atoms with Crippen molar-refractivity contribution in [2.24, 2.45) is 0 Å². The standard InChI is InChI=1S/C46H50Br2N2/c1-43(2,3)25-13-15-39-31(17-25)35-21-27(45(7,8)9)19-33(41(35)49-39)29-23-38(48)30(24-37(29)47)34-20-28(46(10,11)12)22-36-32-18-26(44(4,5)6)14-16-40(32)50-42(34)36/h13-24,49-50H,1-12H3. The van der Waals surface area contributed by atoms with E-state index in [1.165, 1.54) is 77.0 Å². The van der Waals surface area contributed by atoms with Crippen molar-refractivity contribution in [1.29, 1.82) is 0 Å². The van der Waals surface area contributed by atoms with Gasteiger partial charge in [0, 0.05) is 52.7 Å². The molecule has 0 spiro atoms. The number of halogens is 2. The van der Waals surface area contributed by atoms with Gasteiger partial charge in [-0.15, -0.1) is 0 Å². The molecule has 0 radical (unpaired) electrons. The Labute approximate surface area is 314 Å². The first-order valence-corrected chi connectivity index (χ1v) is 19.4. The Morgan fingerprint density at radius 3 is 1.00 bits per heavy atom. The SMILES string of the molecule is CC(C)(C)c1ccc2[nH]c3c(-c4cc(Br)c(-c5cc(C(C)(C)C)cc6c5[nH]c5ccc(C(C)(C)C)cc56)cc4Br)cc(C(C)(C)C)cc3c2c1. The zero-order chi connectivity index (χ0) is 36.3. The van der Waals surface area contributed by atoms with Crippen LogP contribution in [0.4, 0.5) is 0 Å². The Hall–Kier alpha value is -3.34.